The summed E-state index contributed by atoms with van der Waals surface area (Å²) in [4.78, 5) is 16.1. The van der Waals surface area contributed by atoms with Crippen molar-refractivity contribution in [1.29, 1.82) is 0 Å². The highest BCUT2D eigenvalue weighted by molar-refractivity contribution is 7.92. The fourth-order valence-corrected chi connectivity index (χ4v) is 4.27. The molecule has 8 heteroatoms. The molecular formula is C20H26N3O4S+. The number of amides is 1. The van der Waals surface area contributed by atoms with E-state index in [0.29, 0.717) is 17.0 Å². The number of sulfonamides is 1. The number of quaternary nitrogens is 1. The van der Waals surface area contributed by atoms with Gasteiger partial charge in [-0.2, -0.15) is 0 Å². The SMILES string of the molecule is CC[NH+]1CCN(C(=O)c2ccc(S(=O)(=O)Nc3ccc(OC)cc3)cc2)CC1. The molecule has 0 atom stereocenters. The van der Waals surface area contributed by atoms with Gasteiger partial charge in [-0.25, -0.2) is 8.42 Å². The van der Waals surface area contributed by atoms with Crippen LogP contribution in [0.3, 0.4) is 0 Å². The van der Waals surface area contributed by atoms with Gasteiger partial charge in [0, 0.05) is 11.3 Å². The topological polar surface area (TPSA) is 80.2 Å². The molecule has 1 fully saturated rings. The zero-order valence-corrected chi connectivity index (χ0v) is 17.0. The van der Waals surface area contributed by atoms with E-state index >= 15 is 0 Å². The van der Waals surface area contributed by atoms with Crippen LogP contribution in [-0.2, 0) is 10.0 Å². The van der Waals surface area contributed by atoms with Gasteiger partial charge in [0.2, 0.25) is 0 Å². The highest BCUT2D eigenvalue weighted by Crippen LogP contribution is 2.20. The van der Waals surface area contributed by atoms with Crippen LogP contribution in [0.25, 0.3) is 0 Å². The van der Waals surface area contributed by atoms with Crippen molar-refractivity contribution in [3.63, 3.8) is 0 Å². The molecule has 28 heavy (non-hydrogen) atoms. The second-order valence-electron chi connectivity index (χ2n) is 6.75. The predicted molar refractivity (Wildman–Crippen MR) is 107 cm³/mol. The summed E-state index contributed by atoms with van der Waals surface area (Å²) in [6.45, 7) is 6.55. The number of nitrogens with zero attached hydrogens (tertiary/aromatic N) is 1. The summed E-state index contributed by atoms with van der Waals surface area (Å²) < 4.78 is 32.7. The van der Waals surface area contributed by atoms with E-state index in [4.69, 9.17) is 4.74 Å². The third-order valence-electron chi connectivity index (χ3n) is 5.01. The molecule has 0 saturated carbocycles. The third-order valence-corrected chi connectivity index (χ3v) is 6.41. The number of ether oxygens (including phenoxy) is 1. The van der Waals surface area contributed by atoms with Crippen LogP contribution in [0.15, 0.2) is 53.4 Å². The van der Waals surface area contributed by atoms with E-state index in [2.05, 4.69) is 11.6 Å². The molecular weight excluding hydrogens is 378 g/mol. The summed E-state index contributed by atoms with van der Waals surface area (Å²) in [6.07, 6.45) is 0. The Morgan fingerprint density at radius 2 is 1.68 bits per heavy atom. The Morgan fingerprint density at radius 1 is 1.07 bits per heavy atom. The molecule has 0 unspecified atom stereocenters. The van der Waals surface area contributed by atoms with Gasteiger partial charge in [-0.3, -0.25) is 9.52 Å². The highest BCUT2D eigenvalue weighted by atomic mass is 32.2. The van der Waals surface area contributed by atoms with Gasteiger partial charge in [0.05, 0.1) is 44.7 Å². The number of hydrogen-bond donors (Lipinski definition) is 2. The molecule has 1 saturated heterocycles. The maximum Gasteiger partial charge on any atom is 0.261 e. The number of carbonyl (C=O) groups is 1. The number of methoxy groups -OCH3 is 1. The van der Waals surface area contributed by atoms with Crippen LogP contribution in [0.2, 0.25) is 0 Å². The van der Waals surface area contributed by atoms with Crippen molar-refractivity contribution in [3.05, 3.63) is 54.1 Å². The lowest BCUT2D eigenvalue weighted by atomic mass is 10.2. The van der Waals surface area contributed by atoms with E-state index in [-0.39, 0.29) is 10.8 Å². The zero-order chi connectivity index (χ0) is 20.1. The van der Waals surface area contributed by atoms with Crippen molar-refractivity contribution >= 4 is 21.6 Å². The lowest BCUT2D eigenvalue weighted by Crippen LogP contribution is -3.14. The van der Waals surface area contributed by atoms with Crippen LogP contribution in [0.1, 0.15) is 17.3 Å². The van der Waals surface area contributed by atoms with Gasteiger partial charge in [0.15, 0.2) is 0 Å². The minimum Gasteiger partial charge on any atom is -0.497 e. The van der Waals surface area contributed by atoms with Crippen molar-refractivity contribution in [2.45, 2.75) is 11.8 Å². The first-order valence-corrected chi connectivity index (χ1v) is 10.8. The van der Waals surface area contributed by atoms with Crippen molar-refractivity contribution in [1.82, 2.24) is 4.90 Å². The fraction of sp³-hybridized carbons (Fsp3) is 0.350. The van der Waals surface area contributed by atoms with Gasteiger partial charge in [-0.1, -0.05) is 0 Å². The summed E-state index contributed by atoms with van der Waals surface area (Å²) in [5, 5.41) is 0. The van der Waals surface area contributed by atoms with Gasteiger partial charge in [0.25, 0.3) is 15.9 Å². The number of anilines is 1. The highest BCUT2D eigenvalue weighted by Gasteiger charge is 2.24. The van der Waals surface area contributed by atoms with Crippen LogP contribution >= 0.6 is 0 Å². The molecule has 2 N–H and O–H groups in total. The minimum atomic E-state index is -3.73. The van der Waals surface area contributed by atoms with E-state index in [1.54, 1.807) is 43.5 Å². The minimum absolute atomic E-state index is 0.0535. The largest absolute Gasteiger partial charge is 0.497 e. The van der Waals surface area contributed by atoms with E-state index in [1.807, 2.05) is 4.90 Å². The predicted octanol–water partition coefficient (Wildman–Crippen LogP) is 0.857. The van der Waals surface area contributed by atoms with E-state index in [1.165, 1.54) is 17.0 Å². The van der Waals surface area contributed by atoms with E-state index in [9.17, 15) is 13.2 Å². The molecule has 150 valence electrons. The van der Waals surface area contributed by atoms with Crippen LogP contribution in [0.4, 0.5) is 5.69 Å². The number of carbonyl (C=O) groups excluding carboxylic acids is 1. The van der Waals surface area contributed by atoms with Crippen molar-refractivity contribution in [2.24, 2.45) is 0 Å². The number of likely N-dealkylation sites (N-methyl/N-ethyl adjacent to an activating group) is 1. The molecule has 1 aliphatic heterocycles. The van der Waals surface area contributed by atoms with Crippen molar-refractivity contribution in [3.8, 4) is 5.75 Å². The Morgan fingerprint density at radius 3 is 2.21 bits per heavy atom. The molecule has 1 aliphatic rings. The summed E-state index contributed by atoms with van der Waals surface area (Å²) in [6, 6.07) is 12.7. The number of piperazine rings is 1. The number of benzene rings is 2. The Hall–Kier alpha value is -2.58. The fourth-order valence-electron chi connectivity index (χ4n) is 3.21. The molecule has 2 aromatic carbocycles. The first-order valence-electron chi connectivity index (χ1n) is 9.32. The van der Waals surface area contributed by atoms with Crippen LogP contribution in [0, 0.1) is 0 Å². The second kappa shape index (κ2) is 8.62. The molecule has 1 heterocycles. The van der Waals surface area contributed by atoms with E-state index < -0.39 is 10.0 Å². The maximum atomic E-state index is 12.6. The second-order valence-corrected chi connectivity index (χ2v) is 8.44. The number of nitrogens with one attached hydrogen (secondary N) is 2. The Bertz CT molecular complexity index is 903. The molecule has 7 nitrogen and oxygen atoms in total. The molecule has 2 aromatic rings. The van der Waals surface area contributed by atoms with Crippen LogP contribution < -0.4 is 14.4 Å². The number of rotatable bonds is 6. The third kappa shape index (κ3) is 4.63. The van der Waals surface area contributed by atoms with Gasteiger partial charge in [0.1, 0.15) is 5.75 Å². The molecule has 0 spiro atoms. The Labute approximate surface area is 166 Å². The zero-order valence-electron chi connectivity index (χ0n) is 16.1. The van der Waals surface area contributed by atoms with Gasteiger partial charge in [-0.15, -0.1) is 0 Å². The van der Waals surface area contributed by atoms with Gasteiger partial charge in [-0.05, 0) is 55.5 Å². The summed E-state index contributed by atoms with van der Waals surface area (Å²) in [5.41, 5.74) is 0.945. The average Bonchev–Trinajstić information content (AvgIpc) is 2.73. The van der Waals surface area contributed by atoms with Crippen LogP contribution in [0.5, 0.6) is 5.75 Å². The molecule has 0 aliphatic carbocycles. The standard InChI is InChI=1S/C20H25N3O4S/c1-3-22-12-14-23(15-13-22)20(24)16-4-10-19(11-5-16)28(25,26)21-17-6-8-18(27-2)9-7-17/h4-11,21H,3,12-15H2,1-2H3/p+1. The molecule has 3 rings (SSSR count). The summed E-state index contributed by atoms with van der Waals surface area (Å²) in [7, 11) is -2.18. The lowest BCUT2D eigenvalue weighted by Gasteiger charge is -2.31. The molecule has 0 aromatic heterocycles. The monoisotopic (exact) mass is 404 g/mol. The molecule has 0 bridgehead atoms. The van der Waals surface area contributed by atoms with Crippen LogP contribution in [-0.4, -0.2) is 59.1 Å². The lowest BCUT2D eigenvalue weighted by molar-refractivity contribution is -0.902. The van der Waals surface area contributed by atoms with Gasteiger partial charge >= 0.3 is 0 Å². The number of hydrogen-bond acceptors (Lipinski definition) is 4. The smallest absolute Gasteiger partial charge is 0.261 e. The average molecular weight is 405 g/mol. The van der Waals surface area contributed by atoms with Gasteiger partial charge < -0.3 is 14.5 Å². The molecule has 1 amide bonds. The molecule has 0 radical (unpaired) electrons. The van der Waals surface area contributed by atoms with E-state index in [0.717, 1.165) is 32.7 Å². The quantitative estimate of drug-likeness (QED) is 0.748. The first kappa shape index (κ1) is 20.2. The van der Waals surface area contributed by atoms with Crippen molar-refractivity contribution < 1.29 is 22.8 Å². The van der Waals surface area contributed by atoms with Crippen molar-refractivity contribution in [2.75, 3.05) is 44.6 Å². The summed E-state index contributed by atoms with van der Waals surface area (Å²) >= 11 is 0. The maximum absolute atomic E-state index is 12.6. The summed E-state index contributed by atoms with van der Waals surface area (Å²) in [5.74, 6) is 0.592. The first-order chi connectivity index (χ1) is 13.4. The Kier molecular flexibility index (Phi) is 6.21. The Balaban J connectivity index is 1.68. The normalized spacial score (nSPS) is 15.3.